The molecule has 7 nitrogen and oxygen atoms in total. The van der Waals surface area contributed by atoms with Crippen LogP contribution in [-0.2, 0) is 17.8 Å². The lowest BCUT2D eigenvalue weighted by atomic mass is 10.2. The van der Waals surface area contributed by atoms with Crippen LogP contribution in [0.3, 0.4) is 0 Å². The first-order valence-corrected chi connectivity index (χ1v) is 11.2. The number of hydrogen-bond acceptors (Lipinski definition) is 5. The van der Waals surface area contributed by atoms with Gasteiger partial charge in [-0.3, -0.25) is 4.79 Å². The van der Waals surface area contributed by atoms with Crippen molar-refractivity contribution in [3.05, 3.63) is 76.2 Å². The molecule has 1 N–H and O–H groups in total. The quantitative estimate of drug-likeness (QED) is 0.614. The molecule has 2 atom stereocenters. The van der Waals surface area contributed by atoms with E-state index in [0.29, 0.717) is 29.5 Å². The number of hydrogen-bond donors (Lipinski definition) is 1. The highest BCUT2D eigenvalue weighted by atomic mass is 35.5. The number of pyridine rings is 1. The lowest BCUT2D eigenvalue weighted by molar-refractivity contribution is -0.00546. The summed E-state index contributed by atoms with van der Waals surface area (Å²) in [5, 5.41) is 7.73. The van der Waals surface area contributed by atoms with Crippen molar-refractivity contribution >= 4 is 23.3 Å². The molecule has 0 radical (unpaired) electrons. The number of aromatic nitrogens is 3. The number of carbonyl (C=O) groups excluding carboxylic acids is 1. The van der Waals surface area contributed by atoms with Crippen molar-refractivity contribution in [1.82, 2.24) is 20.1 Å². The Balaban J connectivity index is 1.38. The summed E-state index contributed by atoms with van der Waals surface area (Å²) < 4.78 is 7.44. The Bertz CT molecular complexity index is 1060. The molecular weight excluding hydrogens is 426 g/mol. The van der Waals surface area contributed by atoms with Gasteiger partial charge in [0, 0.05) is 25.8 Å². The van der Waals surface area contributed by atoms with Crippen molar-refractivity contribution in [2.75, 3.05) is 18.0 Å². The van der Waals surface area contributed by atoms with Crippen molar-refractivity contribution in [1.29, 1.82) is 0 Å². The number of rotatable bonds is 6. The smallest absolute Gasteiger partial charge is 0.256 e. The van der Waals surface area contributed by atoms with Crippen molar-refractivity contribution in [3.8, 4) is 0 Å². The van der Waals surface area contributed by atoms with Crippen molar-refractivity contribution < 1.29 is 9.53 Å². The van der Waals surface area contributed by atoms with Gasteiger partial charge in [-0.1, -0.05) is 48.0 Å². The van der Waals surface area contributed by atoms with Gasteiger partial charge in [0.25, 0.3) is 5.91 Å². The van der Waals surface area contributed by atoms with E-state index in [1.165, 1.54) is 0 Å². The Hall–Kier alpha value is -2.90. The Labute approximate surface area is 193 Å². The fraction of sp³-hybridized carbons (Fsp3) is 0.375. The third kappa shape index (κ3) is 5.11. The third-order valence-electron chi connectivity index (χ3n) is 5.47. The third-order valence-corrected chi connectivity index (χ3v) is 5.86. The normalized spacial score (nSPS) is 18.6. The predicted molar refractivity (Wildman–Crippen MR) is 125 cm³/mol. The van der Waals surface area contributed by atoms with Crippen LogP contribution < -0.4 is 10.2 Å². The fourth-order valence-electron chi connectivity index (χ4n) is 4.02. The maximum absolute atomic E-state index is 12.8. The van der Waals surface area contributed by atoms with E-state index in [4.69, 9.17) is 16.3 Å². The first kappa shape index (κ1) is 22.3. The molecule has 3 heterocycles. The zero-order valence-electron chi connectivity index (χ0n) is 18.6. The topological polar surface area (TPSA) is 72.3 Å². The summed E-state index contributed by atoms with van der Waals surface area (Å²) in [7, 11) is 0. The number of carbonyl (C=O) groups is 1. The maximum Gasteiger partial charge on any atom is 0.256 e. The van der Waals surface area contributed by atoms with Crippen LogP contribution in [0.4, 0.5) is 5.82 Å². The SMILES string of the molecule is Cc1nn(Cc2ccccc2)c(Cl)c1C(=O)NCc1ccc(N2CC(C)OC(C)C2)nc1. The summed E-state index contributed by atoms with van der Waals surface area (Å²) in [6.45, 7) is 8.45. The van der Waals surface area contributed by atoms with E-state index in [1.54, 1.807) is 17.8 Å². The van der Waals surface area contributed by atoms with Crippen LogP contribution in [0.25, 0.3) is 0 Å². The number of aryl methyl sites for hydroxylation is 1. The number of anilines is 1. The summed E-state index contributed by atoms with van der Waals surface area (Å²) >= 11 is 6.50. The van der Waals surface area contributed by atoms with Gasteiger partial charge in [-0.15, -0.1) is 0 Å². The second-order valence-corrected chi connectivity index (χ2v) is 8.62. The average molecular weight is 454 g/mol. The monoisotopic (exact) mass is 453 g/mol. The molecule has 2 aromatic heterocycles. The Kier molecular flexibility index (Phi) is 6.77. The van der Waals surface area contributed by atoms with E-state index in [0.717, 1.165) is 30.0 Å². The van der Waals surface area contributed by atoms with Crippen LogP contribution >= 0.6 is 11.6 Å². The molecule has 4 rings (SSSR count). The van der Waals surface area contributed by atoms with E-state index >= 15 is 0 Å². The van der Waals surface area contributed by atoms with Gasteiger partial charge in [0.1, 0.15) is 11.0 Å². The Morgan fingerprint density at radius 1 is 1.12 bits per heavy atom. The highest BCUT2D eigenvalue weighted by molar-refractivity contribution is 6.33. The van der Waals surface area contributed by atoms with Crippen molar-refractivity contribution in [3.63, 3.8) is 0 Å². The highest BCUT2D eigenvalue weighted by Crippen LogP contribution is 2.22. The van der Waals surface area contributed by atoms with Crippen LogP contribution in [0, 0.1) is 6.92 Å². The molecule has 0 bridgehead atoms. The second kappa shape index (κ2) is 9.71. The van der Waals surface area contributed by atoms with E-state index in [9.17, 15) is 4.79 Å². The largest absolute Gasteiger partial charge is 0.372 e. The van der Waals surface area contributed by atoms with E-state index in [-0.39, 0.29) is 18.1 Å². The molecule has 1 saturated heterocycles. The molecule has 1 fully saturated rings. The molecule has 0 spiro atoms. The first-order valence-electron chi connectivity index (χ1n) is 10.8. The highest BCUT2D eigenvalue weighted by Gasteiger charge is 2.23. The Morgan fingerprint density at radius 3 is 2.50 bits per heavy atom. The standard InChI is InChI=1S/C24H28ClN5O2/c1-16-13-29(14-17(2)32-16)21-10-9-20(11-26-21)12-27-24(31)22-18(3)28-30(23(22)25)15-19-7-5-4-6-8-19/h4-11,16-17H,12-15H2,1-3H3,(H,27,31). The molecule has 32 heavy (non-hydrogen) atoms. The molecule has 168 valence electrons. The molecule has 1 aromatic carbocycles. The lowest BCUT2D eigenvalue weighted by Gasteiger charge is -2.36. The number of morpholine rings is 1. The minimum atomic E-state index is -0.244. The van der Waals surface area contributed by atoms with Gasteiger partial charge in [0.05, 0.1) is 30.0 Å². The van der Waals surface area contributed by atoms with Gasteiger partial charge in [-0.25, -0.2) is 9.67 Å². The molecule has 1 aliphatic heterocycles. The average Bonchev–Trinajstić information content (AvgIpc) is 3.05. The molecular formula is C24H28ClN5O2. The number of ether oxygens (including phenoxy) is 1. The van der Waals surface area contributed by atoms with Gasteiger partial charge in [0.15, 0.2) is 0 Å². The zero-order chi connectivity index (χ0) is 22.7. The molecule has 8 heteroatoms. The molecule has 1 aliphatic rings. The van der Waals surface area contributed by atoms with Gasteiger partial charge in [-0.05, 0) is 38.0 Å². The van der Waals surface area contributed by atoms with Gasteiger partial charge in [0.2, 0.25) is 0 Å². The summed E-state index contributed by atoms with van der Waals surface area (Å²) in [5.41, 5.74) is 3.00. The molecule has 0 aliphatic carbocycles. The molecule has 0 saturated carbocycles. The van der Waals surface area contributed by atoms with Gasteiger partial charge < -0.3 is 15.0 Å². The van der Waals surface area contributed by atoms with Crippen LogP contribution in [-0.4, -0.2) is 46.0 Å². The fourth-order valence-corrected chi connectivity index (χ4v) is 4.34. The van der Waals surface area contributed by atoms with Crippen LogP contribution in [0.15, 0.2) is 48.7 Å². The van der Waals surface area contributed by atoms with Crippen molar-refractivity contribution in [2.24, 2.45) is 0 Å². The van der Waals surface area contributed by atoms with E-state index in [2.05, 4.69) is 34.1 Å². The van der Waals surface area contributed by atoms with Gasteiger partial charge in [-0.2, -0.15) is 5.10 Å². The van der Waals surface area contributed by atoms with Crippen molar-refractivity contribution in [2.45, 2.75) is 46.1 Å². The van der Waals surface area contributed by atoms with E-state index < -0.39 is 0 Å². The minimum Gasteiger partial charge on any atom is -0.372 e. The minimum absolute atomic E-state index is 0.176. The summed E-state index contributed by atoms with van der Waals surface area (Å²) in [5.74, 6) is 0.676. The molecule has 3 aromatic rings. The maximum atomic E-state index is 12.8. The lowest BCUT2D eigenvalue weighted by Crippen LogP contribution is -2.45. The summed E-state index contributed by atoms with van der Waals surface area (Å²) in [4.78, 5) is 19.6. The van der Waals surface area contributed by atoms with Gasteiger partial charge >= 0.3 is 0 Å². The van der Waals surface area contributed by atoms with Crippen LogP contribution in [0.2, 0.25) is 5.15 Å². The molecule has 1 amide bonds. The van der Waals surface area contributed by atoms with Crippen LogP contribution in [0.1, 0.15) is 41.0 Å². The van der Waals surface area contributed by atoms with E-state index in [1.807, 2.05) is 42.5 Å². The number of nitrogens with one attached hydrogen (secondary N) is 1. The second-order valence-electron chi connectivity index (χ2n) is 8.26. The summed E-state index contributed by atoms with van der Waals surface area (Å²) in [6, 6.07) is 13.9. The number of halogens is 1. The number of benzene rings is 1. The Morgan fingerprint density at radius 2 is 1.84 bits per heavy atom. The predicted octanol–water partition coefficient (Wildman–Crippen LogP) is 3.83. The number of nitrogens with zero attached hydrogens (tertiary/aromatic N) is 4. The molecule has 2 unspecified atom stereocenters. The first-order chi connectivity index (χ1) is 15.4. The summed E-state index contributed by atoms with van der Waals surface area (Å²) in [6.07, 6.45) is 2.15. The number of amides is 1. The van der Waals surface area contributed by atoms with Crippen LogP contribution in [0.5, 0.6) is 0 Å². The zero-order valence-corrected chi connectivity index (χ0v) is 19.3.